The van der Waals surface area contributed by atoms with E-state index in [2.05, 4.69) is 4.98 Å². The molecule has 3 aromatic rings. The van der Waals surface area contributed by atoms with Gasteiger partial charge in [-0.05, 0) is 30.3 Å². The van der Waals surface area contributed by atoms with E-state index in [9.17, 15) is 26.7 Å². The fourth-order valence-corrected chi connectivity index (χ4v) is 3.69. The molecule has 1 heterocycles. The number of alkyl halides is 3. The second-order valence-corrected chi connectivity index (χ2v) is 6.50. The van der Waals surface area contributed by atoms with Crippen LogP contribution in [0.1, 0.15) is 16.7 Å². The highest BCUT2D eigenvalue weighted by molar-refractivity contribution is 7.98. The smallest absolute Gasteiger partial charge is 0.315 e. The van der Waals surface area contributed by atoms with Gasteiger partial charge in [0.15, 0.2) is 0 Å². The summed E-state index contributed by atoms with van der Waals surface area (Å²) >= 11 is 0.718. The lowest BCUT2D eigenvalue weighted by Gasteiger charge is -2.14. The highest BCUT2D eigenvalue weighted by Gasteiger charge is 2.34. The second kappa shape index (κ2) is 7.04. The molecule has 0 unspecified atom stereocenters. The largest absolute Gasteiger partial charge is 0.416 e. The Labute approximate surface area is 153 Å². The van der Waals surface area contributed by atoms with E-state index >= 15 is 0 Å². The number of benzene rings is 2. The number of fused-ring (bicyclic) bond motifs is 1. The highest BCUT2D eigenvalue weighted by atomic mass is 32.2. The standard InChI is InChI=1S/C18H9F5N2OS/c19-9-4-5-10-11(6-9)17(25-16(26)12(10)7-24)27-8-13-14(18(21,22)23)2-1-3-15(13)20/h1-6H,8H2,(H,25,26). The average molecular weight is 396 g/mol. The molecule has 27 heavy (non-hydrogen) atoms. The molecule has 0 aliphatic heterocycles. The van der Waals surface area contributed by atoms with E-state index in [4.69, 9.17) is 5.26 Å². The van der Waals surface area contributed by atoms with Gasteiger partial charge in [-0.2, -0.15) is 18.4 Å². The van der Waals surface area contributed by atoms with Crippen molar-refractivity contribution in [2.45, 2.75) is 17.0 Å². The van der Waals surface area contributed by atoms with Crippen molar-refractivity contribution in [2.24, 2.45) is 0 Å². The first-order valence-corrected chi connectivity index (χ1v) is 8.44. The van der Waals surface area contributed by atoms with Crippen LogP contribution < -0.4 is 5.56 Å². The van der Waals surface area contributed by atoms with Crippen molar-refractivity contribution < 1.29 is 22.0 Å². The van der Waals surface area contributed by atoms with Crippen LogP contribution in [0.25, 0.3) is 10.8 Å². The second-order valence-electron chi connectivity index (χ2n) is 5.51. The summed E-state index contributed by atoms with van der Waals surface area (Å²) in [6.07, 6.45) is -4.75. The van der Waals surface area contributed by atoms with Crippen LogP contribution in [0.4, 0.5) is 22.0 Å². The lowest BCUT2D eigenvalue weighted by atomic mass is 10.1. The average Bonchev–Trinajstić information content (AvgIpc) is 2.60. The number of nitrogens with zero attached hydrogens (tertiary/aromatic N) is 1. The zero-order chi connectivity index (χ0) is 19.8. The Morgan fingerprint density at radius 3 is 2.52 bits per heavy atom. The number of rotatable bonds is 3. The van der Waals surface area contributed by atoms with Crippen LogP contribution in [0, 0.1) is 23.0 Å². The van der Waals surface area contributed by atoms with Crippen LogP contribution >= 0.6 is 11.8 Å². The fourth-order valence-electron chi connectivity index (χ4n) is 2.62. The van der Waals surface area contributed by atoms with E-state index in [0.717, 1.165) is 42.1 Å². The maximum Gasteiger partial charge on any atom is 0.416 e. The van der Waals surface area contributed by atoms with Crippen LogP contribution in [0.5, 0.6) is 0 Å². The van der Waals surface area contributed by atoms with Gasteiger partial charge in [0.05, 0.1) is 10.6 Å². The van der Waals surface area contributed by atoms with Gasteiger partial charge < -0.3 is 4.98 Å². The number of aromatic nitrogens is 1. The number of nitrogens with one attached hydrogen (secondary N) is 1. The molecule has 0 aliphatic rings. The summed E-state index contributed by atoms with van der Waals surface area (Å²) in [5.41, 5.74) is -2.70. The van der Waals surface area contributed by atoms with Crippen LogP contribution in [0.15, 0.2) is 46.2 Å². The summed E-state index contributed by atoms with van der Waals surface area (Å²) in [5, 5.41) is 9.46. The summed E-state index contributed by atoms with van der Waals surface area (Å²) < 4.78 is 66.9. The Hall–Kier alpha value is -2.86. The first-order chi connectivity index (χ1) is 12.7. The van der Waals surface area contributed by atoms with Crippen molar-refractivity contribution in [3.8, 4) is 6.07 Å². The lowest BCUT2D eigenvalue weighted by Crippen LogP contribution is -2.13. The van der Waals surface area contributed by atoms with Gasteiger partial charge in [0.1, 0.15) is 23.3 Å². The van der Waals surface area contributed by atoms with E-state index in [0.29, 0.717) is 0 Å². The predicted octanol–water partition coefficient (Wildman–Crippen LogP) is 4.99. The minimum Gasteiger partial charge on any atom is -0.315 e. The van der Waals surface area contributed by atoms with E-state index in [1.54, 1.807) is 6.07 Å². The van der Waals surface area contributed by atoms with Crippen LogP contribution in [0.2, 0.25) is 0 Å². The Kier molecular flexibility index (Phi) is 4.93. The Morgan fingerprint density at radius 2 is 1.85 bits per heavy atom. The Morgan fingerprint density at radius 1 is 1.11 bits per heavy atom. The Balaban J connectivity index is 2.09. The third-order valence-corrected chi connectivity index (χ3v) is 4.89. The zero-order valence-corrected chi connectivity index (χ0v) is 14.1. The Bertz CT molecular complexity index is 1130. The molecule has 0 atom stereocenters. The maximum absolute atomic E-state index is 14.0. The molecule has 3 nitrogen and oxygen atoms in total. The monoisotopic (exact) mass is 396 g/mol. The molecule has 9 heteroatoms. The van der Waals surface area contributed by atoms with Crippen molar-refractivity contribution in [1.82, 2.24) is 4.98 Å². The first-order valence-electron chi connectivity index (χ1n) is 7.45. The maximum atomic E-state index is 14.0. The number of H-pyrrole nitrogens is 1. The number of aromatic amines is 1. The van der Waals surface area contributed by atoms with Gasteiger partial charge in [-0.25, -0.2) is 8.78 Å². The van der Waals surface area contributed by atoms with Crippen LogP contribution in [-0.4, -0.2) is 4.98 Å². The van der Waals surface area contributed by atoms with Crippen molar-refractivity contribution in [2.75, 3.05) is 0 Å². The summed E-state index contributed by atoms with van der Waals surface area (Å²) in [6, 6.07) is 7.70. The topological polar surface area (TPSA) is 56.6 Å². The minimum atomic E-state index is -4.75. The lowest BCUT2D eigenvalue weighted by molar-refractivity contribution is -0.138. The van der Waals surface area contributed by atoms with E-state index in [1.807, 2.05) is 0 Å². The molecule has 1 N–H and O–H groups in total. The summed E-state index contributed by atoms with van der Waals surface area (Å²) in [6.45, 7) is 0. The molecule has 0 amide bonds. The molecule has 1 aromatic heterocycles. The number of hydrogen-bond donors (Lipinski definition) is 1. The number of thioether (sulfide) groups is 1. The van der Waals surface area contributed by atoms with Gasteiger partial charge in [0.25, 0.3) is 5.56 Å². The number of pyridine rings is 1. The molecule has 0 bridgehead atoms. The molecule has 0 fully saturated rings. The summed E-state index contributed by atoms with van der Waals surface area (Å²) in [7, 11) is 0. The number of halogens is 5. The molecule has 0 saturated carbocycles. The number of nitriles is 1. The van der Waals surface area contributed by atoms with Gasteiger partial charge in [-0.15, -0.1) is 11.8 Å². The van der Waals surface area contributed by atoms with E-state index < -0.39 is 40.2 Å². The molecule has 2 aromatic carbocycles. The first kappa shape index (κ1) is 18.9. The molecular formula is C18H9F5N2OS. The SMILES string of the molecule is N#Cc1c(=O)[nH]c(SCc2c(F)cccc2C(F)(F)F)c2cc(F)ccc12. The predicted molar refractivity (Wildman–Crippen MR) is 90.2 cm³/mol. The van der Waals surface area contributed by atoms with Gasteiger partial charge in [0, 0.05) is 22.1 Å². The van der Waals surface area contributed by atoms with Crippen molar-refractivity contribution >= 4 is 22.5 Å². The zero-order valence-electron chi connectivity index (χ0n) is 13.3. The van der Waals surface area contributed by atoms with E-state index in [1.165, 1.54) is 6.07 Å². The summed E-state index contributed by atoms with van der Waals surface area (Å²) in [5.74, 6) is -2.14. The molecule has 0 radical (unpaired) electrons. The molecule has 0 aliphatic carbocycles. The van der Waals surface area contributed by atoms with Gasteiger partial charge >= 0.3 is 6.18 Å². The van der Waals surface area contributed by atoms with Gasteiger partial charge in [-0.1, -0.05) is 6.07 Å². The third-order valence-electron chi connectivity index (χ3n) is 3.85. The number of hydrogen-bond acceptors (Lipinski definition) is 3. The molecule has 0 saturated heterocycles. The van der Waals surface area contributed by atoms with Crippen molar-refractivity contribution in [3.63, 3.8) is 0 Å². The third kappa shape index (κ3) is 3.66. The quantitative estimate of drug-likeness (QED) is 0.501. The minimum absolute atomic E-state index is 0.0462. The van der Waals surface area contributed by atoms with Gasteiger partial charge in [0.2, 0.25) is 0 Å². The van der Waals surface area contributed by atoms with Gasteiger partial charge in [-0.3, -0.25) is 4.79 Å². The molecule has 0 spiro atoms. The van der Waals surface area contributed by atoms with Crippen LogP contribution in [-0.2, 0) is 11.9 Å². The summed E-state index contributed by atoms with van der Waals surface area (Å²) in [4.78, 5) is 14.4. The normalized spacial score (nSPS) is 11.6. The van der Waals surface area contributed by atoms with Crippen molar-refractivity contribution in [3.05, 3.63) is 75.1 Å². The highest BCUT2D eigenvalue weighted by Crippen LogP contribution is 2.37. The van der Waals surface area contributed by atoms with Crippen LogP contribution in [0.3, 0.4) is 0 Å². The van der Waals surface area contributed by atoms with E-state index in [-0.39, 0.29) is 21.4 Å². The molecular weight excluding hydrogens is 387 g/mol. The molecule has 138 valence electrons. The van der Waals surface area contributed by atoms with Crippen molar-refractivity contribution in [1.29, 1.82) is 5.26 Å². The fraction of sp³-hybridized carbons (Fsp3) is 0.111. The molecule has 3 rings (SSSR count).